The SMILES string of the molecule is CCNc1nc(C)nc(NC2CCOC2C)c1C. The van der Waals surface area contributed by atoms with Gasteiger partial charge in [0.05, 0.1) is 12.1 Å². The number of anilines is 2. The Labute approximate surface area is 108 Å². The molecule has 5 nitrogen and oxygen atoms in total. The molecule has 1 aromatic rings. The van der Waals surface area contributed by atoms with Gasteiger partial charge in [0.25, 0.3) is 0 Å². The summed E-state index contributed by atoms with van der Waals surface area (Å²) in [6.07, 6.45) is 1.27. The van der Waals surface area contributed by atoms with Gasteiger partial charge < -0.3 is 15.4 Å². The Bertz CT molecular complexity index is 422. The van der Waals surface area contributed by atoms with E-state index in [1.807, 2.05) is 13.8 Å². The smallest absolute Gasteiger partial charge is 0.135 e. The molecule has 2 atom stereocenters. The number of nitrogens with zero attached hydrogens (tertiary/aromatic N) is 2. The normalized spacial score (nSPS) is 23.1. The third kappa shape index (κ3) is 2.72. The average molecular weight is 250 g/mol. The van der Waals surface area contributed by atoms with E-state index in [0.29, 0.717) is 6.04 Å². The highest BCUT2D eigenvalue weighted by Crippen LogP contribution is 2.23. The molecule has 2 rings (SSSR count). The summed E-state index contributed by atoms with van der Waals surface area (Å²) in [6, 6.07) is 0.340. The number of hydrogen-bond donors (Lipinski definition) is 2. The van der Waals surface area contributed by atoms with Crippen molar-refractivity contribution in [1.82, 2.24) is 9.97 Å². The van der Waals surface area contributed by atoms with E-state index < -0.39 is 0 Å². The van der Waals surface area contributed by atoms with Crippen LogP contribution in [0.2, 0.25) is 0 Å². The quantitative estimate of drug-likeness (QED) is 0.857. The van der Waals surface area contributed by atoms with Crippen LogP contribution in [0.3, 0.4) is 0 Å². The molecule has 2 heterocycles. The molecular formula is C13H22N4O. The zero-order valence-corrected chi connectivity index (χ0v) is 11.6. The number of nitrogens with one attached hydrogen (secondary N) is 2. The minimum Gasteiger partial charge on any atom is -0.376 e. The lowest BCUT2D eigenvalue weighted by Gasteiger charge is -2.19. The standard InChI is InChI=1S/C13H22N4O/c1-5-14-12-8(2)13(16-10(4)15-12)17-11-6-7-18-9(11)3/h9,11H,5-7H2,1-4H3,(H2,14,15,16,17). The van der Waals surface area contributed by atoms with E-state index >= 15 is 0 Å². The Morgan fingerprint density at radius 3 is 2.61 bits per heavy atom. The minimum absolute atomic E-state index is 0.238. The molecule has 0 aromatic carbocycles. The maximum Gasteiger partial charge on any atom is 0.135 e. The van der Waals surface area contributed by atoms with E-state index in [4.69, 9.17) is 4.74 Å². The highest BCUT2D eigenvalue weighted by atomic mass is 16.5. The van der Waals surface area contributed by atoms with Gasteiger partial charge >= 0.3 is 0 Å². The number of hydrogen-bond acceptors (Lipinski definition) is 5. The molecule has 1 aliphatic heterocycles. The largest absolute Gasteiger partial charge is 0.376 e. The fourth-order valence-corrected chi connectivity index (χ4v) is 2.21. The van der Waals surface area contributed by atoms with Gasteiger partial charge in [-0.2, -0.15) is 0 Å². The Balaban J connectivity index is 2.21. The number of ether oxygens (including phenoxy) is 1. The van der Waals surface area contributed by atoms with Crippen molar-refractivity contribution >= 4 is 11.6 Å². The Hall–Kier alpha value is -1.36. The van der Waals surface area contributed by atoms with Crippen LogP contribution in [-0.4, -0.2) is 35.3 Å². The van der Waals surface area contributed by atoms with Gasteiger partial charge in [-0.05, 0) is 34.1 Å². The number of aryl methyl sites for hydroxylation is 1. The van der Waals surface area contributed by atoms with Crippen LogP contribution in [0.15, 0.2) is 0 Å². The van der Waals surface area contributed by atoms with Gasteiger partial charge in [0.15, 0.2) is 0 Å². The van der Waals surface area contributed by atoms with E-state index in [1.165, 1.54) is 0 Å². The number of aromatic nitrogens is 2. The molecule has 2 N–H and O–H groups in total. The van der Waals surface area contributed by atoms with Crippen molar-refractivity contribution in [1.29, 1.82) is 0 Å². The van der Waals surface area contributed by atoms with Gasteiger partial charge in [0.1, 0.15) is 17.5 Å². The zero-order chi connectivity index (χ0) is 13.1. The first-order valence-electron chi connectivity index (χ1n) is 6.59. The van der Waals surface area contributed by atoms with E-state index in [9.17, 15) is 0 Å². The van der Waals surface area contributed by atoms with Gasteiger partial charge in [-0.1, -0.05) is 0 Å². The second-order valence-electron chi connectivity index (χ2n) is 4.74. The average Bonchev–Trinajstić information content (AvgIpc) is 2.71. The molecule has 1 fully saturated rings. The summed E-state index contributed by atoms with van der Waals surface area (Å²) in [6.45, 7) is 9.80. The van der Waals surface area contributed by atoms with Gasteiger partial charge in [0, 0.05) is 18.7 Å². The molecule has 1 saturated heterocycles. The predicted molar refractivity (Wildman–Crippen MR) is 73.1 cm³/mol. The molecule has 18 heavy (non-hydrogen) atoms. The fourth-order valence-electron chi connectivity index (χ4n) is 2.21. The first-order valence-corrected chi connectivity index (χ1v) is 6.59. The Kier molecular flexibility index (Phi) is 4.01. The molecule has 0 spiro atoms. The van der Waals surface area contributed by atoms with Gasteiger partial charge in [-0.25, -0.2) is 9.97 Å². The van der Waals surface area contributed by atoms with Crippen LogP contribution in [0, 0.1) is 13.8 Å². The lowest BCUT2D eigenvalue weighted by atomic mass is 10.1. The van der Waals surface area contributed by atoms with Crippen LogP contribution >= 0.6 is 0 Å². The summed E-state index contributed by atoms with van der Waals surface area (Å²) in [7, 11) is 0. The van der Waals surface area contributed by atoms with Crippen LogP contribution < -0.4 is 10.6 Å². The topological polar surface area (TPSA) is 59.1 Å². The summed E-state index contributed by atoms with van der Waals surface area (Å²) in [4.78, 5) is 8.92. The van der Waals surface area contributed by atoms with Crippen molar-refractivity contribution in [3.63, 3.8) is 0 Å². The van der Waals surface area contributed by atoms with Crippen LogP contribution in [0.25, 0.3) is 0 Å². The van der Waals surface area contributed by atoms with Crippen molar-refractivity contribution in [3.05, 3.63) is 11.4 Å². The maximum atomic E-state index is 5.56. The second kappa shape index (κ2) is 5.52. The van der Waals surface area contributed by atoms with Crippen molar-refractivity contribution in [2.75, 3.05) is 23.8 Å². The predicted octanol–water partition coefficient (Wildman–Crippen LogP) is 2.11. The van der Waals surface area contributed by atoms with Gasteiger partial charge in [-0.3, -0.25) is 0 Å². The molecule has 2 unspecified atom stereocenters. The van der Waals surface area contributed by atoms with Gasteiger partial charge in [0.2, 0.25) is 0 Å². The highest BCUT2D eigenvalue weighted by molar-refractivity contribution is 5.57. The van der Waals surface area contributed by atoms with E-state index in [0.717, 1.165) is 42.6 Å². The first-order chi connectivity index (χ1) is 8.61. The van der Waals surface area contributed by atoms with Crippen LogP contribution in [0.5, 0.6) is 0 Å². The van der Waals surface area contributed by atoms with E-state index in [2.05, 4.69) is 34.4 Å². The molecule has 1 aromatic heterocycles. The minimum atomic E-state index is 0.238. The summed E-state index contributed by atoms with van der Waals surface area (Å²) in [5, 5.41) is 6.75. The van der Waals surface area contributed by atoms with Crippen molar-refractivity contribution in [3.8, 4) is 0 Å². The summed E-state index contributed by atoms with van der Waals surface area (Å²) in [5.41, 5.74) is 1.07. The molecule has 0 saturated carbocycles. The third-order valence-corrected chi connectivity index (χ3v) is 3.30. The molecule has 1 aliphatic rings. The van der Waals surface area contributed by atoms with Gasteiger partial charge in [-0.15, -0.1) is 0 Å². The maximum absolute atomic E-state index is 5.56. The molecule has 0 amide bonds. The molecule has 0 radical (unpaired) electrons. The van der Waals surface area contributed by atoms with Crippen molar-refractivity contribution < 1.29 is 4.74 Å². The molecular weight excluding hydrogens is 228 g/mol. The monoisotopic (exact) mass is 250 g/mol. The van der Waals surface area contributed by atoms with Crippen LogP contribution in [0.1, 0.15) is 31.7 Å². The van der Waals surface area contributed by atoms with Crippen molar-refractivity contribution in [2.45, 2.75) is 46.3 Å². The molecule has 100 valence electrons. The fraction of sp³-hybridized carbons (Fsp3) is 0.692. The van der Waals surface area contributed by atoms with E-state index in [-0.39, 0.29) is 6.10 Å². The number of rotatable bonds is 4. The lowest BCUT2D eigenvalue weighted by molar-refractivity contribution is 0.121. The lowest BCUT2D eigenvalue weighted by Crippen LogP contribution is -2.28. The third-order valence-electron chi connectivity index (χ3n) is 3.30. The first kappa shape index (κ1) is 13.1. The summed E-state index contributed by atoms with van der Waals surface area (Å²) in [5.74, 6) is 2.62. The molecule has 5 heteroatoms. The molecule has 0 aliphatic carbocycles. The Morgan fingerprint density at radius 1 is 1.28 bits per heavy atom. The van der Waals surface area contributed by atoms with Crippen molar-refractivity contribution in [2.24, 2.45) is 0 Å². The summed E-state index contributed by atoms with van der Waals surface area (Å²) >= 11 is 0. The van der Waals surface area contributed by atoms with E-state index in [1.54, 1.807) is 0 Å². The second-order valence-corrected chi connectivity index (χ2v) is 4.74. The summed E-state index contributed by atoms with van der Waals surface area (Å²) < 4.78 is 5.56. The Morgan fingerprint density at radius 2 is 2.00 bits per heavy atom. The zero-order valence-electron chi connectivity index (χ0n) is 11.6. The van der Waals surface area contributed by atoms with Crippen LogP contribution in [-0.2, 0) is 4.74 Å². The molecule has 0 bridgehead atoms. The van der Waals surface area contributed by atoms with Crippen LogP contribution in [0.4, 0.5) is 11.6 Å². The highest BCUT2D eigenvalue weighted by Gasteiger charge is 2.25.